The van der Waals surface area contributed by atoms with Gasteiger partial charge in [-0.3, -0.25) is 4.79 Å². The molecule has 0 radical (unpaired) electrons. The quantitative estimate of drug-likeness (QED) is 0.691. The van der Waals surface area contributed by atoms with Gasteiger partial charge < -0.3 is 0 Å². The van der Waals surface area contributed by atoms with E-state index in [2.05, 4.69) is 32.9 Å². The number of carbonyl (C=O) groups is 1. The Kier molecular flexibility index (Phi) is 3.96. The lowest BCUT2D eigenvalue weighted by molar-refractivity contribution is 0.0992. The Hall–Kier alpha value is -1.34. The van der Waals surface area contributed by atoms with Crippen LogP contribution in [-0.2, 0) is 0 Å². The summed E-state index contributed by atoms with van der Waals surface area (Å²) >= 11 is 6.05. The summed E-state index contributed by atoms with van der Waals surface area (Å²) in [4.78, 5) is 12.2. The number of hydrogen-bond acceptors (Lipinski definition) is 1. The van der Waals surface area contributed by atoms with Gasteiger partial charge in [0.15, 0.2) is 5.78 Å². The van der Waals surface area contributed by atoms with Crippen LogP contribution >= 0.6 is 11.6 Å². The number of hydrogen-bond donors (Lipinski definition) is 0. The van der Waals surface area contributed by atoms with Crippen molar-refractivity contribution in [2.75, 3.05) is 0 Å². The maximum atomic E-state index is 12.2. The Morgan fingerprint density at radius 1 is 1.26 bits per heavy atom. The maximum absolute atomic E-state index is 12.2. The highest BCUT2D eigenvalue weighted by Crippen LogP contribution is 2.34. The van der Waals surface area contributed by atoms with E-state index in [-0.39, 0.29) is 11.2 Å². The number of ketones is 1. The molecular formula is C17H19ClO. The molecule has 0 unspecified atom stereocenters. The van der Waals surface area contributed by atoms with Crippen LogP contribution in [0.1, 0.15) is 44.0 Å². The summed E-state index contributed by atoms with van der Waals surface area (Å²) < 4.78 is 0. The summed E-state index contributed by atoms with van der Waals surface area (Å²) in [5, 5.41) is 0.537. The summed E-state index contributed by atoms with van der Waals surface area (Å²) in [6, 6.07) is 7.24. The molecule has 1 nitrogen and oxygen atoms in total. The van der Waals surface area contributed by atoms with Crippen LogP contribution in [0.15, 0.2) is 47.6 Å². The molecule has 0 fully saturated rings. The molecule has 0 atom stereocenters. The smallest absolute Gasteiger partial charge is 0.168 e. The van der Waals surface area contributed by atoms with Crippen molar-refractivity contribution in [2.24, 2.45) is 5.41 Å². The first-order chi connectivity index (χ1) is 8.88. The normalized spacial score (nSPS) is 15.2. The van der Waals surface area contributed by atoms with Gasteiger partial charge in [-0.1, -0.05) is 62.2 Å². The molecule has 0 saturated carbocycles. The van der Waals surface area contributed by atoms with Gasteiger partial charge in [-0.15, -0.1) is 0 Å². The van der Waals surface area contributed by atoms with E-state index in [9.17, 15) is 4.79 Å². The minimum absolute atomic E-state index is 0.0976. The largest absolute Gasteiger partial charge is 0.294 e. The van der Waals surface area contributed by atoms with Gasteiger partial charge in [0.05, 0.1) is 5.02 Å². The summed E-state index contributed by atoms with van der Waals surface area (Å²) in [5.41, 5.74) is 3.26. The SMILES string of the molecule is CC(C)(C)C1=CCC(CC(=O)c2ccccc2Cl)=C1. The summed E-state index contributed by atoms with van der Waals surface area (Å²) in [5.74, 6) is 0.0976. The van der Waals surface area contributed by atoms with E-state index in [0.29, 0.717) is 17.0 Å². The third-order valence-corrected chi connectivity index (χ3v) is 3.70. The third-order valence-electron chi connectivity index (χ3n) is 3.37. The van der Waals surface area contributed by atoms with Gasteiger partial charge in [-0.2, -0.15) is 0 Å². The molecule has 2 heteroatoms. The van der Waals surface area contributed by atoms with Gasteiger partial charge in [0.1, 0.15) is 0 Å². The Morgan fingerprint density at radius 3 is 2.53 bits per heavy atom. The van der Waals surface area contributed by atoms with Gasteiger partial charge in [0, 0.05) is 12.0 Å². The fourth-order valence-corrected chi connectivity index (χ4v) is 2.45. The molecule has 0 aliphatic heterocycles. The first-order valence-electron chi connectivity index (χ1n) is 6.56. The molecule has 0 bridgehead atoms. The van der Waals surface area contributed by atoms with Gasteiger partial charge in [-0.25, -0.2) is 0 Å². The fourth-order valence-electron chi connectivity index (χ4n) is 2.21. The number of carbonyl (C=O) groups excluding carboxylic acids is 1. The molecule has 0 heterocycles. The van der Waals surface area contributed by atoms with Crippen LogP contribution in [-0.4, -0.2) is 5.78 Å². The minimum Gasteiger partial charge on any atom is -0.294 e. The molecule has 2 rings (SSSR count). The molecule has 0 saturated heterocycles. The van der Waals surface area contributed by atoms with E-state index < -0.39 is 0 Å². The highest BCUT2D eigenvalue weighted by molar-refractivity contribution is 6.34. The van der Waals surface area contributed by atoms with Crippen LogP contribution in [0, 0.1) is 5.41 Å². The lowest BCUT2D eigenvalue weighted by atomic mass is 9.87. The van der Waals surface area contributed by atoms with Gasteiger partial charge >= 0.3 is 0 Å². The molecule has 1 aromatic carbocycles. The van der Waals surface area contributed by atoms with Crippen molar-refractivity contribution in [3.05, 3.63) is 58.1 Å². The number of benzene rings is 1. The molecule has 19 heavy (non-hydrogen) atoms. The monoisotopic (exact) mass is 274 g/mol. The van der Waals surface area contributed by atoms with Crippen molar-refractivity contribution in [1.29, 1.82) is 0 Å². The Morgan fingerprint density at radius 2 is 1.95 bits per heavy atom. The topological polar surface area (TPSA) is 17.1 Å². The van der Waals surface area contributed by atoms with Crippen molar-refractivity contribution in [2.45, 2.75) is 33.6 Å². The van der Waals surface area contributed by atoms with Crippen LogP contribution < -0.4 is 0 Å². The van der Waals surface area contributed by atoms with E-state index >= 15 is 0 Å². The highest BCUT2D eigenvalue weighted by atomic mass is 35.5. The van der Waals surface area contributed by atoms with Crippen LogP contribution in [0.5, 0.6) is 0 Å². The van der Waals surface area contributed by atoms with E-state index in [1.807, 2.05) is 12.1 Å². The number of Topliss-reactive ketones (excluding diaryl/α,β-unsaturated/α-hetero) is 1. The zero-order valence-corrected chi connectivity index (χ0v) is 12.4. The van der Waals surface area contributed by atoms with Gasteiger partial charge in [-0.05, 0) is 29.5 Å². The minimum atomic E-state index is 0.0976. The van der Waals surface area contributed by atoms with Crippen LogP contribution in [0.2, 0.25) is 5.02 Å². The van der Waals surface area contributed by atoms with E-state index in [0.717, 1.165) is 6.42 Å². The summed E-state index contributed by atoms with van der Waals surface area (Å²) in [6.45, 7) is 6.57. The molecule has 0 aromatic heterocycles. The van der Waals surface area contributed by atoms with E-state index in [4.69, 9.17) is 11.6 Å². The molecule has 0 spiro atoms. The molecule has 100 valence electrons. The first kappa shape index (κ1) is 14.1. The maximum Gasteiger partial charge on any atom is 0.168 e. The standard InChI is InChI=1S/C17H19ClO/c1-17(2,3)13-9-8-12(10-13)11-16(19)14-6-4-5-7-15(14)18/h4-7,9-10H,8,11H2,1-3H3. The van der Waals surface area contributed by atoms with Crippen molar-refractivity contribution in [1.82, 2.24) is 0 Å². The third kappa shape index (κ3) is 3.36. The molecule has 1 aliphatic carbocycles. The number of rotatable bonds is 3. The second kappa shape index (κ2) is 5.34. The Balaban J connectivity index is 2.09. The highest BCUT2D eigenvalue weighted by Gasteiger charge is 2.20. The average molecular weight is 275 g/mol. The van der Waals surface area contributed by atoms with E-state index in [1.165, 1.54) is 11.1 Å². The molecule has 0 N–H and O–H groups in total. The number of halogens is 1. The predicted octanol–water partition coefficient (Wildman–Crippen LogP) is 5.22. The zero-order chi connectivity index (χ0) is 14.0. The molecule has 1 aliphatic rings. The van der Waals surface area contributed by atoms with Gasteiger partial charge in [0.25, 0.3) is 0 Å². The molecular weight excluding hydrogens is 256 g/mol. The van der Waals surface area contributed by atoms with Crippen LogP contribution in [0.3, 0.4) is 0 Å². The summed E-state index contributed by atoms with van der Waals surface area (Å²) in [6.07, 6.45) is 5.71. The average Bonchev–Trinajstić information content (AvgIpc) is 2.77. The van der Waals surface area contributed by atoms with Crippen molar-refractivity contribution >= 4 is 17.4 Å². The van der Waals surface area contributed by atoms with Crippen molar-refractivity contribution < 1.29 is 4.79 Å². The van der Waals surface area contributed by atoms with Crippen LogP contribution in [0.25, 0.3) is 0 Å². The molecule has 1 aromatic rings. The second-order valence-electron chi connectivity index (χ2n) is 6.00. The van der Waals surface area contributed by atoms with Gasteiger partial charge in [0.2, 0.25) is 0 Å². The van der Waals surface area contributed by atoms with E-state index in [1.54, 1.807) is 12.1 Å². The predicted molar refractivity (Wildman–Crippen MR) is 80.6 cm³/mol. The zero-order valence-electron chi connectivity index (χ0n) is 11.7. The summed E-state index contributed by atoms with van der Waals surface area (Å²) in [7, 11) is 0. The molecule has 0 amide bonds. The van der Waals surface area contributed by atoms with Crippen molar-refractivity contribution in [3.8, 4) is 0 Å². The second-order valence-corrected chi connectivity index (χ2v) is 6.40. The number of allylic oxidation sites excluding steroid dienone is 4. The fraction of sp³-hybridized carbons (Fsp3) is 0.353. The Labute approximate surface area is 120 Å². The first-order valence-corrected chi connectivity index (χ1v) is 6.93. The Bertz CT molecular complexity index is 559. The lowest BCUT2D eigenvalue weighted by Gasteiger charge is -2.18. The lowest BCUT2D eigenvalue weighted by Crippen LogP contribution is -2.06. The van der Waals surface area contributed by atoms with Crippen molar-refractivity contribution in [3.63, 3.8) is 0 Å². The van der Waals surface area contributed by atoms with Crippen LogP contribution in [0.4, 0.5) is 0 Å².